The van der Waals surface area contributed by atoms with Crippen LogP contribution < -0.4 is 0 Å². The van der Waals surface area contributed by atoms with E-state index in [-0.39, 0.29) is 0 Å². The van der Waals surface area contributed by atoms with Crippen LogP contribution in [-0.4, -0.2) is 24.5 Å². The number of hydrogen-bond acceptors (Lipinski definition) is 7. The zero-order valence-corrected chi connectivity index (χ0v) is 35.7. The van der Waals surface area contributed by atoms with Gasteiger partial charge in [-0.1, -0.05) is 152 Å². The molecule has 8 aromatic carbocycles. The van der Waals surface area contributed by atoms with Crippen molar-refractivity contribution in [1.82, 2.24) is 24.5 Å². The van der Waals surface area contributed by atoms with Gasteiger partial charge >= 0.3 is 0 Å². The topological polar surface area (TPSA) is 128 Å². The lowest BCUT2D eigenvalue weighted by molar-refractivity contribution is 1.12. The predicted molar refractivity (Wildman–Crippen MR) is 264 cm³/mol. The first-order valence-corrected chi connectivity index (χ1v) is 21.6. The molecule has 0 N–H and O–H groups in total. The molecule has 0 spiro atoms. The van der Waals surface area contributed by atoms with Gasteiger partial charge in [0.25, 0.3) is 0 Å². The average Bonchev–Trinajstić information content (AvgIpc) is 3.74. The second-order valence-corrected chi connectivity index (χ2v) is 16.0. The zero-order chi connectivity index (χ0) is 45.3. The minimum Gasteiger partial charge on any atom is -0.308 e. The molecule has 0 aliphatic heterocycles. The summed E-state index contributed by atoms with van der Waals surface area (Å²) >= 11 is 0. The smallest absolute Gasteiger partial charge is 0.162 e. The molecule has 3 heterocycles. The molecule has 0 saturated heterocycles. The number of fused-ring (bicyclic) bond motifs is 3. The lowest BCUT2D eigenvalue weighted by Crippen LogP contribution is -2.06. The summed E-state index contributed by atoms with van der Waals surface area (Å²) in [6.45, 7) is 0. The maximum Gasteiger partial charge on any atom is 0.162 e. The van der Waals surface area contributed by atoms with E-state index >= 15 is 0 Å². The summed E-state index contributed by atoms with van der Waals surface area (Å²) in [6, 6.07) is 74.3. The van der Waals surface area contributed by atoms with Crippen molar-refractivity contribution in [1.29, 1.82) is 15.8 Å². The average molecular weight is 855 g/mol. The Labute approximate surface area is 386 Å². The summed E-state index contributed by atoms with van der Waals surface area (Å²) in [7, 11) is 0. The molecule has 310 valence electrons. The second kappa shape index (κ2) is 17.1. The van der Waals surface area contributed by atoms with Crippen molar-refractivity contribution in [2.45, 2.75) is 0 Å². The van der Waals surface area contributed by atoms with Crippen molar-refractivity contribution in [3.63, 3.8) is 0 Å². The van der Waals surface area contributed by atoms with Crippen LogP contribution in [0.15, 0.2) is 206 Å². The molecule has 11 rings (SSSR count). The first kappa shape index (κ1) is 40.0. The SMILES string of the molecule is N#Cc1cc(C#N)cc(-c2ccc3c4ccccc4n(-c4c(-c5nc(-c6ccccc6)cc(-c6ccccc6)n5)cc(C#N)cc4-c4nc(-c5ccccc5)cc(-c5ccccc5)n4)c3c2)c1. The fourth-order valence-corrected chi connectivity index (χ4v) is 8.76. The highest BCUT2D eigenvalue weighted by atomic mass is 15.0. The highest BCUT2D eigenvalue weighted by Gasteiger charge is 2.26. The monoisotopic (exact) mass is 854 g/mol. The van der Waals surface area contributed by atoms with Crippen LogP contribution in [0.4, 0.5) is 0 Å². The Kier molecular flexibility index (Phi) is 10.2. The standard InChI is InChI=1S/C59H34N8/c60-35-38-27-39(36-61)29-46(28-38)45-25-26-48-47-23-13-14-24-55(47)67(56(48)32-45)57-49(58-63-51(41-15-5-1-6-16-41)33-52(64-58)42-17-7-2-8-18-42)30-40(37-62)31-50(57)59-65-53(43-19-9-3-10-20-43)34-54(66-59)44-21-11-4-12-22-44/h1-34H. The summed E-state index contributed by atoms with van der Waals surface area (Å²) in [5.41, 5.74) is 12.7. The van der Waals surface area contributed by atoms with Gasteiger partial charge in [-0.3, -0.25) is 0 Å². The number of para-hydroxylation sites is 1. The molecule has 0 atom stereocenters. The van der Waals surface area contributed by atoms with E-state index in [2.05, 4.69) is 47.0 Å². The van der Waals surface area contributed by atoms with Gasteiger partial charge in [0.15, 0.2) is 11.6 Å². The van der Waals surface area contributed by atoms with Crippen LogP contribution in [0.1, 0.15) is 16.7 Å². The van der Waals surface area contributed by atoms with Gasteiger partial charge in [0.1, 0.15) is 0 Å². The third kappa shape index (κ3) is 7.51. The molecular weight excluding hydrogens is 821 g/mol. The molecule has 0 aliphatic rings. The van der Waals surface area contributed by atoms with Gasteiger partial charge in [-0.15, -0.1) is 0 Å². The Hall–Kier alpha value is -9.81. The summed E-state index contributed by atoms with van der Waals surface area (Å²) in [6.07, 6.45) is 0. The molecule has 3 aromatic heterocycles. The Morgan fingerprint density at radius 3 is 1.13 bits per heavy atom. The van der Waals surface area contributed by atoms with Crippen LogP contribution in [0, 0.1) is 34.0 Å². The Bertz CT molecular complexity index is 3530. The van der Waals surface area contributed by atoms with Crippen LogP contribution in [0.5, 0.6) is 0 Å². The van der Waals surface area contributed by atoms with Gasteiger partial charge < -0.3 is 4.57 Å². The van der Waals surface area contributed by atoms with E-state index in [9.17, 15) is 15.8 Å². The summed E-state index contributed by atoms with van der Waals surface area (Å²) in [4.78, 5) is 21.4. The second-order valence-electron chi connectivity index (χ2n) is 16.0. The molecule has 0 fully saturated rings. The number of rotatable bonds is 8. The molecule has 0 bridgehead atoms. The van der Waals surface area contributed by atoms with Crippen molar-refractivity contribution < 1.29 is 0 Å². The normalized spacial score (nSPS) is 10.9. The van der Waals surface area contributed by atoms with Crippen LogP contribution in [0.2, 0.25) is 0 Å². The molecular formula is C59H34N8. The van der Waals surface area contributed by atoms with Gasteiger partial charge in [-0.05, 0) is 65.7 Å². The Morgan fingerprint density at radius 2 is 0.701 bits per heavy atom. The minimum atomic E-state index is 0.373. The highest BCUT2D eigenvalue weighted by molar-refractivity contribution is 6.11. The van der Waals surface area contributed by atoms with Crippen molar-refractivity contribution >= 4 is 21.8 Å². The number of benzene rings is 8. The maximum atomic E-state index is 10.9. The molecule has 11 aromatic rings. The van der Waals surface area contributed by atoms with Gasteiger partial charge in [-0.2, -0.15) is 15.8 Å². The van der Waals surface area contributed by atoms with Crippen LogP contribution in [0.25, 0.3) is 106 Å². The molecule has 67 heavy (non-hydrogen) atoms. The van der Waals surface area contributed by atoms with Crippen molar-refractivity contribution in [2.24, 2.45) is 0 Å². The number of aromatic nitrogens is 5. The third-order valence-corrected chi connectivity index (χ3v) is 11.9. The summed E-state index contributed by atoms with van der Waals surface area (Å²) in [5.74, 6) is 0.803. The van der Waals surface area contributed by atoms with Crippen molar-refractivity contribution in [3.05, 3.63) is 223 Å². The summed E-state index contributed by atoms with van der Waals surface area (Å²) < 4.78 is 2.20. The first-order chi connectivity index (χ1) is 33.0. The fourth-order valence-electron chi connectivity index (χ4n) is 8.76. The number of hydrogen-bond donors (Lipinski definition) is 0. The predicted octanol–water partition coefficient (Wildman–Crippen LogP) is 13.6. The van der Waals surface area contributed by atoms with Crippen LogP contribution in [-0.2, 0) is 0 Å². The van der Waals surface area contributed by atoms with E-state index < -0.39 is 0 Å². The lowest BCUT2D eigenvalue weighted by atomic mass is 9.98. The van der Waals surface area contributed by atoms with E-state index in [1.165, 1.54) is 0 Å². The van der Waals surface area contributed by atoms with Gasteiger partial charge in [0.05, 0.1) is 74.4 Å². The quantitative estimate of drug-likeness (QED) is 0.149. The zero-order valence-electron chi connectivity index (χ0n) is 35.7. The Morgan fingerprint density at radius 1 is 0.313 bits per heavy atom. The molecule has 0 aliphatic carbocycles. The third-order valence-electron chi connectivity index (χ3n) is 11.9. The molecule has 0 radical (unpaired) electrons. The van der Waals surface area contributed by atoms with Crippen LogP contribution in [0.3, 0.4) is 0 Å². The number of nitriles is 3. The maximum absolute atomic E-state index is 10.9. The lowest BCUT2D eigenvalue weighted by Gasteiger charge is -2.20. The minimum absolute atomic E-state index is 0.373. The molecule has 8 nitrogen and oxygen atoms in total. The van der Waals surface area contributed by atoms with E-state index in [1.54, 1.807) is 18.2 Å². The van der Waals surface area contributed by atoms with Crippen molar-refractivity contribution in [3.8, 4) is 103 Å². The van der Waals surface area contributed by atoms with E-state index in [4.69, 9.17) is 19.9 Å². The molecule has 0 amide bonds. The van der Waals surface area contributed by atoms with Crippen LogP contribution >= 0.6 is 0 Å². The van der Waals surface area contributed by atoms with Gasteiger partial charge in [0.2, 0.25) is 0 Å². The fraction of sp³-hybridized carbons (Fsp3) is 0. The van der Waals surface area contributed by atoms with E-state index in [0.29, 0.717) is 67.9 Å². The molecule has 0 unspecified atom stereocenters. The van der Waals surface area contributed by atoms with E-state index in [1.807, 2.05) is 164 Å². The highest BCUT2D eigenvalue weighted by Crippen LogP contribution is 2.43. The molecule has 8 heteroatoms. The first-order valence-electron chi connectivity index (χ1n) is 21.6. The van der Waals surface area contributed by atoms with E-state index in [0.717, 1.165) is 55.2 Å². The van der Waals surface area contributed by atoms with Crippen molar-refractivity contribution in [2.75, 3.05) is 0 Å². The molecule has 0 saturated carbocycles. The number of nitrogens with zero attached hydrogens (tertiary/aromatic N) is 8. The van der Waals surface area contributed by atoms with Gasteiger partial charge in [-0.25, -0.2) is 19.9 Å². The Balaban J connectivity index is 1.30. The van der Waals surface area contributed by atoms with Gasteiger partial charge in [0, 0.05) is 44.2 Å². The largest absolute Gasteiger partial charge is 0.308 e. The summed E-state index contributed by atoms with van der Waals surface area (Å²) in [5, 5.41) is 32.8.